The van der Waals surface area contributed by atoms with Crippen LogP contribution in [-0.4, -0.2) is 55.1 Å². The van der Waals surface area contributed by atoms with Crippen molar-refractivity contribution in [3.8, 4) is 0 Å². The van der Waals surface area contributed by atoms with Gasteiger partial charge in [0, 0.05) is 25.8 Å². The maximum absolute atomic E-state index is 12.5. The summed E-state index contributed by atoms with van der Waals surface area (Å²) in [7, 11) is -4.44. The van der Waals surface area contributed by atoms with Crippen LogP contribution in [0, 0.1) is 0 Å². The fraction of sp³-hybridized carbons (Fsp3) is 0.667. The molecule has 50 heavy (non-hydrogen) atoms. The number of rotatable bonds is 34. The van der Waals surface area contributed by atoms with E-state index >= 15 is 0 Å². The molecule has 0 bridgehead atoms. The number of carbonyl (C=O) groups is 3. The van der Waals surface area contributed by atoms with Crippen LogP contribution in [0.25, 0.3) is 0 Å². The van der Waals surface area contributed by atoms with E-state index in [-0.39, 0.29) is 51.2 Å². The second-order valence-corrected chi connectivity index (χ2v) is 13.6. The molecular weight excluding hydrogens is 657 g/mol. The Morgan fingerprint density at radius 3 is 1.98 bits per heavy atom. The van der Waals surface area contributed by atoms with Gasteiger partial charge in [-0.2, -0.15) is 0 Å². The summed E-state index contributed by atoms with van der Waals surface area (Å²) in [6.07, 6.45) is 35.5. The van der Waals surface area contributed by atoms with Gasteiger partial charge in [-0.05, 0) is 63.9 Å². The van der Waals surface area contributed by atoms with Gasteiger partial charge in [0.25, 0.3) is 0 Å². The first kappa shape index (κ1) is 47.4. The van der Waals surface area contributed by atoms with E-state index in [4.69, 9.17) is 24.3 Å². The average molecular weight is 724 g/mol. The smallest absolute Gasteiger partial charge is 0.462 e. The number of unbranched alkanes of at least 4 members (excludes halogenated alkanes) is 10. The van der Waals surface area contributed by atoms with Gasteiger partial charge in [-0.15, -0.1) is 0 Å². The Kier molecular flexibility index (Phi) is 33.0. The summed E-state index contributed by atoms with van der Waals surface area (Å²) in [5.74, 6) is -1.23. The molecule has 0 saturated carbocycles. The minimum absolute atomic E-state index is 0.0128. The number of esters is 2. The van der Waals surface area contributed by atoms with Gasteiger partial charge in [0.05, 0.1) is 13.2 Å². The van der Waals surface area contributed by atoms with Crippen LogP contribution in [0.5, 0.6) is 0 Å². The zero-order chi connectivity index (χ0) is 37.0. The number of ketones is 1. The Morgan fingerprint density at radius 2 is 1.26 bits per heavy atom. The highest BCUT2D eigenvalue weighted by Gasteiger charge is 2.26. The minimum atomic E-state index is -4.44. The Balaban J connectivity index is 4.49. The summed E-state index contributed by atoms with van der Waals surface area (Å²) in [6.45, 7) is 3.33. The van der Waals surface area contributed by atoms with Crippen molar-refractivity contribution in [2.75, 3.05) is 26.4 Å². The fourth-order valence-corrected chi connectivity index (χ4v) is 5.27. The number of carbonyl (C=O) groups excluding carboxylic acids is 3. The van der Waals surface area contributed by atoms with Crippen molar-refractivity contribution in [1.82, 2.24) is 0 Å². The first-order valence-electron chi connectivity index (χ1n) is 18.7. The predicted molar refractivity (Wildman–Crippen MR) is 201 cm³/mol. The largest absolute Gasteiger partial charge is 0.472 e. The first-order valence-corrected chi connectivity index (χ1v) is 20.2. The van der Waals surface area contributed by atoms with Crippen LogP contribution in [0.3, 0.4) is 0 Å². The number of allylic oxidation sites excluding steroid dienone is 10. The molecule has 0 aromatic rings. The number of phosphoric ester groups is 1. The van der Waals surface area contributed by atoms with Crippen LogP contribution in [0.15, 0.2) is 60.8 Å². The number of hydrogen-bond donors (Lipinski definition) is 2. The van der Waals surface area contributed by atoms with Gasteiger partial charge in [-0.25, -0.2) is 4.57 Å². The molecule has 286 valence electrons. The summed E-state index contributed by atoms with van der Waals surface area (Å²) in [5.41, 5.74) is 5.31. The van der Waals surface area contributed by atoms with E-state index < -0.39 is 32.5 Å². The van der Waals surface area contributed by atoms with Gasteiger partial charge in [-0.3, -0.25) is 23.4 Å². The van der Waals surface area contributed by atoms with E-state index in [1.807, 2.05) is 12.2 Å². The van der Waals surface area contributed by atoms with Gasteiger partial charge in [0.1, 0.15) is 6.61 Å². The van der Waals surface area contributed by atoms with E-state index in [2.05, 4.69) is 50.3 Å². The Labute approximate surface area is 302 Å². The molecule has 0 aromatic carbocycles. The third kappa shape index (κ3) is 33.9. The summed E-state index contributed by atoms with van der Waals surface area (Å²) < 4.78 is 32.4. The van der Waals surface area contributed by atoms with Crippen molar-refractivity contribution < 1.29 is 42.4 Å². The molecule has 1 unspecified atom stereocenters. The molecule has 0 aliphatic heterocycles. The molecule has 0 spiro atoms. The maximum atomic E-state index is 12.5. The molecule has 10 nitrogen and oxygen atoms in total. The number of phosphoric acid groups is 1. The molecule has 0 aromatic heterocycles. The summed E-state index contributed by atoms with van der Waals surface area (Å²) in [4.78, 5) is 46.8. The standard InChI is InChI=1S/C39H66NO9P/c1-3-5-7-9-11-13-15-16-18-19-21-23-25-28-36(41)29-27-31-39(43)49-37(35-48-50(44,45)47-33-32-40)34-46-38(42)30-26-24-22-20-17-14-12-10-8-6-4-2/h10-13,16,18,21,23,25,28,37H,3-9,14-15,17,19-20,22,24,26-27,29-35,40H2,1-2H3,(H,44,45)/b12-10-,13-11-,18-16-,23-21-,28-25+/t37-/m1/s1. The van der Waals surface area contributed by atoms with Gasteiger partial charge in [0.15, 0.2) is 11.9 Å². The molecule has 0 aliphatic rings. The van der Waals surface area contributed by atoms with E-state index in [1.165, 1.54) is 38.2 Å². The van der Waals surface area contributed by atoms with Crippen molar-refractivity contribution >= 4 is 25.5 Å². The van der Waals surface area contributed by atoms with E-state index in [0.29, 0.717) is 6.42 Å². The average Bonchev–Trinajstić information content (AvgIpc) is 3.09. The number of ether oxygens (including phenoxy) is 2. The van der Waals surface area contributed by atoms with Crippen molar-refractivity contribution in [1.29, 1.82) is 0 Å². The molecule has 0 fully saturated rings. The van der Waals surface area contributed by atoms with Crippen LogP contribution in [0.2, 0.25) is 0 Å². The zero-order valence-corrected chi connectivity index (χ0v) is 31.7. The van der Waals surface area contributed by atoms with Crippen LogP contribution in [-0.2, 0) is 37.5 Å². The third-order valence-corrected chi connectivity index (χ3v) is 8.34. The van der Waals surface area contributed by atoms with Gasteiger partial charge in [0.2, 0.25) is 0 Å². The topological polar surface area (TPSA) is 151 Å². The molecule has 0 heterocycles. The van der Waals surface area contributed by atoms with Crippen molar-refractivity contribution in [3.63, 3.8) is 0 Å². The zero-order valence-electron chi connectivity index (χ0n) is 30.9. The molecule has 11 heteroatoms. The van der Waals surface area contributed by atoms with Crippen LogP contribution in [0.1, 0.15) is 136 Å². The van der Waals surface area contributed by atoms with Gasteiger partial charge in [-0.1, -0.05) is 113 Å². The van der Waals surface area contributed by atoms with Gasteiger partial charge >= 0.3 is 19.8 Å². The molecule has 0 rings (SSSR count). The lowest BCUT2D eigenvalue weighted by Crippen LogP contribution is -2.29. The quantitative estimate of drug-likeness (QED) is 0.0164. The van der Waals surface area contributed by atoms with Crippen molar-refractivity contribution in [3.05, 3.63) is 60.8 Å². The monoisotopic (exact) mass is 723 g/mol. The fourth-order valence-electron chi connectivity index (χ4n) is 4.51. The Hall–Kier alpha value is -2.62. The van der Waals surface area contributed by atoms with Crippen LogP contribution >= 0.6 is 7.82 Å². The normalized spacial score (nSPS) is 14.0. The van der Waals surface area contributed by atoms with E-state index in [9.17, 15) is 23.8 Å². The highest BCUT2D eigenvalue weighted by molar-refractivity contribution is 7.47. The molecule has 0 radical (unpaired) electrons. The molecule has 0 saturated heterocycles. The van der Waals surface area contributed by atoms with Crippen LogP contribution in [0.4, 0.5) is 0 Å². The summed E-state index contributed by atoms with van der Waals surface area (Å²) in [5, 5.41) is 0. The first-order chi connectivity index (χ1) is 24.2. The second kappa shape index (κ2) is 34.8. The van der Waals surface area contributed by atoms with Crippen molar-refractivity contribution in [2.45, 2.75) is 142 Å². The highest BCUT2D eigenvalue weighted by atomic mass is 31.2. The van der Waals surface area contributed by atoms with Crippen LogP contribution < -0.4 is 5.73 Å². The summed E-state index contributed by atoms with van der Waals surface area (Å²) >= 11 is 0. The summed E-state index contributed by atoms with van der Waals surface area (Å²) in [6, 6.07) is 0. The lowest BCUT2D eigenvalue weighted by molar-refractivity contribution is -0.161. The lowest BCUT2D eigenvalue weighted by atomic mass is 10.1. The van der Waals surface area contributed by atoms with Crippen molar-refractivity contribution in [2.24, 2.45) is 5.73 Å². The Bertz CT molecular complexity index is 1070. The molecule has 0 amide bonds. The molecule has 3 N–H and O–H groups in total. The molecule has 2 atom stereocenters. The Morgan fingerprint density at radius 1 is 0.660 bits per heavy atom. The third-order valence-electron chi connectivity index (χ3n) is 7.35. The SMILES string of the molecule is CCCC/C=C\CCCCCCCC(=O)OC[C@H](COP(=O)(O)OCCN)OC(=O)CCCC(=O)/C=C/C=C\C/C=C\C/C=C\CCCCC. The molecular formula is C39H66NO9P. The lowest BCUT2D eigenvalue weighted by Gasteiger charge is -2.19. The maximum Gasteiger partial charge on any atom is 0.472 e. The second-order valence-electron chi connectivity index (χ2n) is 12.1. The number of hydrogen-bond acceptors (Lipinski definition) is 9. The van der Waals surface area contributed by atoms with Gasteiger partial charge < -0.3 is 20.1 Å². The predicted octanol–water partition coefficient (Wildman–Crippen LogP) is 9.34. The number of nitrogens with two attached hydrogens (primary N) is 1. The molecule has 0 aliphatic carbocycles. The van der Waals surface area contributed by atoms with E-state index in [0.717, 1.165) is 57.8 Å². The highest BCUT2D eigenvalue weighted by Crippen LogP contribution is 2.43. The van der Waals surface area contributed by atoms with E-state index in [1.54, 1.807) is 6.08 Å². The minimum Gasteiger partial charge on any atom is -0.462 e.